The molecule has 0 fully saturated rings. The number of hydrazone groups is 1. The van der Waals surface area contributed by atoms with Gasteiger partial charge in [-0.15, -0.1) is 13.2 Å². The quantitative estimate of drug-likeness (QED) is 0.211. The van der Waals surface area contributed by atoms with Crippen molar-refractivity contribution in [1.82, 2.24) is 9.97 Å². The molecule has 0 aliphatic carbocycles. The Morgan fingerprint density at radius 1 is 0.806 bits per heavy atom. The summed E-state index contributed by atoms with van der Waals surface area (Å²) in [6.07, 6.45) is -13.9. The molecular formula is C20H11F10N5O. The van der Waals surface area contributed by atoms with E-state index in [1.807, 2.05) is 0 Å². The number of benzene rings is 2. The zero-order chi connectivity index (χ0) is 26.7. The largest absolute Gasteiger partial charge is 0.573 e. The highest BCUT2D eigenvalue weighted by atomic mass is 19.4. The van der Waals surface area contributed by atoms with E-state index in [0.29, 0.717) is 18.2 Å². The van der Waals surface area contributed by atoms with E-state index in [1.165, 1.54) is 12.1 Å². The summed E-state index contributed by atoms with van der Waals surface area (Å²) in [5.74, 6) is -3.41. The number of aromatic nitrogens is 2. The Bertz CT molecular complexity index is 1240. The zero-order valence-corrected chi connectivity index (χ0v) is 17.2. The first-order chi connectivity index (χ1) is 16.6. The van der Waals surface area contributed by atoms with Crippen LogP contribution in [0.3, 0.4) is 0 Å². The molecule has 0 amide bonds. The van der Waals surface area contributed by atoms with E-state index in [0.717, 1.165) is 24.4 Å². The summed E-state index contributed by atoms with van der Waals surface area (Å²) >= 11 is 0. The van der Waals surface area contributed by atoms with Crippen LogP contribution >= 0.6 is 0 Å². The maximum absolute atomic E-state index is 13.5. The van der Waals surface area contributed by atoms with Crippen LogP contribution in [0, 0.1) is 5.82 Å². The number of rotatable bonds is 6. The third kappa shape index (κ3) is 7.44. The summed E-state index contributed by atoms with van der Waals surface area (Å²) in [4.78, 5) is 6.89. The van der Waals surface area contributed by atoms with E-state index in [2.05, 4.69) is 30.5 Å². The van der Waals surface area contributed by atoms with Gasteiger partial charge in [-0.1, -0.05) is 0 Å². The van der Waals surface area contributed by atoms with E-state index in [1.54, 1.807) is 0 Å². The molecule has 0 saturated carbocycles. The zero-order valence-electron chi connectivity index (χ0n) is 17.2. The third-order valence-electron chi connectivity index (χ3n) is 4.05. The van der Waals surface area contributed by atoms with Crippen LogP contribution in [0.25, 0.3) is 0 Å². The van der Waals surface area contributed by atoms with E-state index in [9.17, 15) is 43.9 Å². The molecule has 2 N–H and O–H groups in total. The highest BCUT2D eigenvalue weighted by Gasteiger charge is 2.35. The van der Waals surface area contributed by atoms with Gasteiger partial charge in [0, 0.05) is 11.8 Å². The molecule has 1 aromatic heterocycles. The maximum atomic E-state index is 13.5. The van der Waals surface area contributed by atoms with Crippen molar-refractivity contribution in [3.05, 3.63) is 71.2 Å². The molecule has 16 heteroatoms. The first-order valence-electron chi connectivity index (χ1n) is 9.35. The molecule has 0 saturated heterocycles. The molecule has 0 bridgehead atoms. The van der Waals surface area contributed by atoms with Gasteiger partial charge in [0.05, 0.1) is 11.8 Å². The Hall–Kier alpha value is -4.11. The molecule has 36 heavy (non-hydrogen) atoms. The fraction of sp³-hybridized carbons (Fsp3) is 0.150. The SMILES string of the molecule is Fc1ccc(Nc2cc(C(F)(F)F)nc(N/N=C/c3ccc(OC(F)(F)F)cc3)n2)cc1C(F)(F)F. The Morgan fingerprint density at radius 2 is 1.47 bits per heavy atom. The molecule has 6 nitrogen and oxygen atoms in total. The van der Waals surface area contributed by atoms with Gasteiger partial charge in [-0.3, -0.25) is 0 Å². The van der Waals surface area contributed by atoms with Crippen LogP contribution in [0.15, 0.2) is 53.6 Å². The van der Waals surface area contributed by atoms with Crippen molar-refractivity contribution >= 4 is 23.7 Å². The van der Waals surface area contributed by atoms with Crippen LogP contribution in [0.5, 0.6) is 5.75 Å². The summed E-state index contributed by atoms with van der Waals surface area (Å²) in [5, 5.41) is 5.80. The van der Waals surface area contributed by atoms with Gasteiger partial charge in [0.1, 0.15) is 17.4 Å². The number of hydrogen-bond donors (Lipinski definition) is 2. The normalized spacial score (nSPS) is 12.6. The Morgan fingerprint density at radius 3 is 2.06 bits per heavy atom. The average molecular weight is 527 g/mol. The van der Waals surface area contributed by atoms with Gasteiger partial charge < -0.3 is 10.1 Å². The Balaban J connectivity index is 1.81. The van der Waals surface area contributed by atoms with Crippen molar-refractivity contribution in [2.24, 2.45) is 5.10 Å². The summed E-state index contributed by atoms with van der Waals surface area (Å²) < 4.78 is 132. The van der Waals surface area contributed by atoms with Gasteiger partial charge in [-0.2, -0.15) is 36.4 Å². The lowest BCUT2D eigenvalue weighted by Crippen LogP contribution is -2.17. The number of ether oxygens (including phenoxy) is 1. The molecule has 3 aromatic rings. The van der Waals surface area contributed by atoms with Crippen molar-refractivity contribution in [2.75, 3.05) is 10.7 Å². The molecule has 192 valence electrons. The predicted molar refractivity (Wildman–Crippen MR) is 106 cm³/mol. The lowest BCUT2D eigenvalue weighted by Gasteiger charge is -2.13. The smallest absolute Gasteiger partial charge is 0.406 e. The lowest BCUT2D eigenvalue weighted by atomic mass is 10.2. The summed E-state index contributed by atoms with van der Waals surface area (Å²) in [5.41, 5.74) is -1.24. The van der Waals surface area contributed by atoms with Gasteiger partial charge in [0.25, 0.3) is 0 Å². The molecule has 2 aromatic carbocycles. The molecule has 0 unspecified atom stereocenters. The second-order valence-corrected chi connectivity index (χ2v) is 6.76. The minimum Gasteiger partial charge on any atom is -0.406 e. The molecule has 0 radical (unpaired) electrons. The summed E-state index contributed by atoms with van der Waals surface area (Å²) in [7, 11) is 0. The van der Waals surface area contributed by atoms with Crippen LogP contribution in [0.2, 0.25) is 0 Å². The lowest BCUT2D eigenvalue weighted by molar-refractivity contribution is -0.274. The molecule has 0 atom stereocenters. The predicted octanol–water partition coefficient (Wildman–Crippen LogP) is 6.74. The minimum atomic E-state index is -5.05. The van der Waals surface area contributed by atoms with E-state index in [-0.39, 0.29) is 5.56 Å². The number of halogens is 10. The molecule has 0 aliphatic heterocycles. The second kappa shape index (κ2) is 9.87. The number of anilines is 3. The summed E-state index contributed by atoms with van der Waals surface area (Å²) in [6, 6.07) is 6.36. The first-order valence-corrected chi connectivity index (χ1v) is 9.35. The first kappa shape index (κ1) is 26.5. The fourth-order valence-corrected chi connectivity index (χ4v) is 2.59. The summed E-state index contributed by atoms with van der Waals surface area (Å²) in [6.45, 7) is 0. The molecule has 0 aliphatic rings. The number of alkyl halides is 9. The van der Waals surface area contributed by atoms with Crippen LogP contribution in [0.4, 0.5) is 61.4 Å². The van der Waals surface area contributed by atoms with Gasteiger partial charge in [-0.05, 0) is 48.0 Å². The maximum Gasteiger partial charge on any atom is 0.573 e. The second-order valence-electron chi connectivity index (χ2n) is 6.76. The van der Waals surface area contributed by atoms with Gasteiger partial charge in [-0.25, -0.2) is 14.8 Å². The Kier molecular flexibility index (Phi) is 7.26. The van der Waals surface area contributed by atoms with Crippen LogP contribution in [-0.4, -0.2) is 22.5 Å². The van der Waals surface area contributed by atoms with Crippen LogP contribution in [0.1, 0.15) is 16.8 Å². The van der Waals surface area contributed by atoms with Crippen molar-refractivity contribution in [3.63, 3.8) is 0 Å². The van der Waals surface area contributed by atoms with Gasteiger partial charge >= 0.3 is 18.7 Å². The minimum absolute atomic E-state index is 0.216. The third-order valence-corrected chi connectivity index (χ3v) is 4.05. The van der Waals surface area contributed by atoms with Crippen molar-refractivity contribution in [2.45, 2.75) is 18.7 Å². The number of hydrogen-bond acceptors (Lipinski definition) is 6. The topological polar surface area (TPSA) is 71.4 Å². The van der Waals surface area contributed by atoms with Crippen LogP contribution < -0.4 is 15.5 Å². The molecule has 0 spiro atoms. The van der Waals surface area contributed by atoms with Crippen molar-refractivity contribution in [3.8, 4) is 5.75 Å². The highest BCUT2D eigenvalue weighted by molar-refractivity contribution is 5.80. The van der Waals surface area contributed by atoms with Gasteiger partial charge in [0.15, 0.2) is 5.69 Å². The highest BCUT2D eigenvalue weighted by Crippen LogP contribution is 2.34. The fourth-order valence-electron chi connectivity index (χ4n) is 2.59. The van der Waals surface area contributed by atoms with E-state index >= 15 is 0 Å². The van der Waals surface area contributed by atoms with Crippen molar-refractivity contribution in [1.29, 1.82) is 0 Å². The Labute approximate surface area is 194 Å². The van der Waals surface area contributed by atoms with E-state index in [4.69, 9.17) is 0 Å². The average Bonchev–Trinajstić information content (AvgIpc) is 2.74. The van der Waals surface area contributed by atoms with Crippen molar-refractivity contribution < 1.29 is 48.6 Å². The van der Waals surface area contributed by atoms with Crippen LogP contribution in [-0.2, 0) is 12.4 Å². The molecular weight excluding hydrogens is 516 g/mol. The standard InChI is InChI=1S/C20H11F10N5O/c21-14-6-3-11(7-13(14)18(22,23)24)32-16-8-15(19(25,26)27)33-17(34-16)35-31-9-10-1-4-12(5-2-10)36-20(28,29)30/h1-9H,(H2,32,33,34,35)/b31-9+. The monoisotopic (exact) mass is 527 g/mol. The van der Waals surface area contributed by atoms with E-state index < -0.39 is 59.0 Å². The van der Waals surface area contributed by atoms with Gasteiger partial charge in [0.2, 0.25) is 5.95 Å². The molecule has 3 rings (SSSR count). The molecule has 1 heterocycles. The number of nitrogens with one attached hydrogen (secondary N) is 2. The number of nitrogens with zero attached hydrogens (tertiary/aromatic N) is 3.